The molecule has 0 unspecified atom stereocenters. The van der Waals surface area contributed by atoms with Crippen LogP contribution in [-0.2, 0) is 9.53 Å². The monoisotopic (exact) mass is 271 g/mol. The lowest BCUT2D eigenvalue weighted by atomic mass is 10.1. The third-order valence-corrected chi connectivity index (χ3v) is 2.38. The number of hydrogen-bond donors (Lipinski definition) is 2. The Morgan fingerprint density at radius 3 is 2.60 bits per heavy atom. The Balaban J connectivity index is 2.91. The van der Waals surface area contributed by atoms with Crippen molar-refractivity contribution in [2.75, 3.05) is 24.5 Å². The van der Waals surface area contributed by atoms with Crippen molar-refractivity contribution in [3.63, 3.8) is 0 Å². The van der Waals surface area contributed by atoms with Gasteiger partial charge in [-0.25, -0.2) is 0 Å². The van der Waals surface area contributed by atoms with Gasteiger partial charge in [0.1, 0.15) is 18.7 Å². The van der Waals surface area contributed by atoms with Crippen molar-refractivity contribution in [3.8, 4) is 12.1 Å². The maximum atomic E-state index is 11.5. The number of ether oxygens (including phenoxy) is 1. The molecule has 0 atom stereocenters. The van der Waals surface area contributed by atoms with Crippen LogP contribution in [-0.4, -0.2) is 25.3 Å². The molecule has 0 heterocycles. The lowest BCUT2D eigenvalue weighted by molar-refractivity contribution is -0.119. The lowest BCUT2D eigenvalue weighted by Crippen LogP contribution is -2.18. The Kier molecular flexibility index (Phi) is 5.70. The van der Waals surface area contributed by atoms with Gasteiger partial charge in [0.25, 0.3) is 0 Å². The van der Waals surface area contributed by atoms with E-state index in [4.69, 9.17) is 15.3 Å². The molecule has 0 saturated carbocycles. The Hall–Kier alpha value is -2.90. The zero-order chi connectivity index (χ0) is 15.0. The number of benzene rings is 1. The number of nitriles is 2. The summed E-state index contributed by atoms with van der Waals surface area (Å²) in [6, 6.07) is 8.45. The third kappa shape index (κ3) is 4.09. The van der Waals surface area contributed by atoms with E-state index in [1.165, 1.54) is 7.11 Å². The van der Waals surface area contributed by atoms with E-state index in [2.05, 4.69) is 15.8 Å². The van der Waals surface area contributed by atoms with Gasteiger partial charge in [0.15, 0.2) is 0 Å². The molecule has 0 aromatic heterocycles. The quantitative estimate of drug-likeness (QED) is 0.621. The fourth-order valence-electron chi connectivity index (χ4n) is 1.40. The van der Waals surface area contributed by atoms with Gasteiger partial charge in [0, 0.05) is 12.8 Å². The molecule has 1 rings (SSSR count). The molecule has 1 amide bonds. The molecule has 0 fully saturated rings. The summed E-state index contributed by atoms with van der Waals surface area (Å²) in [4.78, 5) is 11.5. The fourth-order valence-corrected chi connectivity index (χ4v) is 1.40. The highest BCUT2D eigenvalue weighted by Gasteiger charge is 2.07. The molecule has 0 radical (unpaired) electrons. The molecule has 0 bridgehead atoms. The lowest BCUT2D eigenvalue weighted by Gasteiger charge is -2.11. The van der Waals surface area contributed by atoms with E-state index >= 15 is 0 Å². The number of nitrogens with zero attached hydrogens (tertiary/aromatic N) is 3. The van der Waals surface area contributed by atoms with Gasteiger partial charge in [-0.05, 0) is 24.6 Å². The number of hydrogen-bond acceptors (Lipinski definition) is 6. The third-order valence-electron chi connectivity index (χ3n) is 2.38. The van der Waals surface area contributed by atoms with Crippen LogP contribution in [0.2, 0.25) is 0 Å². The standard InChI is InChI=1S/C13H13N5O2/c1-9-11(16-13(19)8-20-2)4-3-5-12(9)18-17-10(6-14)7-15/h3-5,18H,8H2,1-2H3,(H,16,19). The fraction of sp³-hybridized carbons (Fsp3) is 0.231. The van der Waals surface area contributed by atoms with Gasteiger partial charge < -0.3 is 10.1 Å². The molecule has 0 aliphatic heterocycles. The van der Waals surface area contributed by atoms with E-state index in [1.807, 2.05) is 0 Å². The summed E-state index contributed by atoms with van der Waals surface area (Å²) >= 11 is 0. The predicted molar refractivity (Wildman–Crippen MR) is 74.0 cm³/mol. The van der Waals surface area contributed by atoms with Gasteiger partial charge in [-0.15, -0.1) is 0 Å². The van der Waals surface area contributed by atoms with E-state index in [1.54, 1.807) is 37.3 Å². The smallest absolute Gasteiger partial charge is 0.250 e. The van der Waals surface area contributed by atoms with Gasteiger partial charge in [0.2, 0.25) is 11.6 Å². The second-order valence-electron chi connectivity index (χ2n) is 3.76. The topological polar surface area (TPSA) is 110 Å². The van der Waals surface area contributed by atoms with Crippen LogP contribution in [0.5, 0.6) is 0 Å². The van der Waals surface area contributed by atoms with Crippen LogP contribution in [0.3, 0.4) is 0 Å². The number of carbonyl (C=O) groups is 1. The first-order valence-electron chi connectivity index (χ1n) is 5.64. The number of rotatable bonds is 5. The Morgan fingerprint density at radius 1 is 1.35 bits per heavy atom. The van der Waals surface area contributed by atoms with E-state index < -0.39 is 0 Å². The van der Waals surface area contributed by atoms with Crippen molar-refractivity contribution in [1.82, 2.24) is 0 Å². The number of methoxy groups -OCH3 is 1. The maximum Gasteiger partial charge on any atom is 0.250 e. The summed E-state index contributed by atoms with van der Waals surface area (Å²) in [5.74, 6) is -0.272. The van der Waals surface area contributed by atoms with Gasteiger partial charge in [0.05, 0.1) is 5.69 Å². The van der Waals surface area contributed by atoms with Crippen LogP contribution >= 0.6 is 0 Å². The highest BCUT2D eigenvalue weighted by atomic mass is 16.5. The van der Waals surface area contributed by atoms with Gasteiger partial charge in [-0.1, -0.05) is 6.07 Å². The largest absolute Gasteiger partial charge is 0.375 e. The molecule has 102 valence electrons. The first-order valence-corrected chi connectivity index (χ1v) is 5.64. The molecule has 0 aliphatic rings. The minimum atomic E-state index is -0.279. The minimum Gasteiger partial charge on any atom is -0.375 e. The van der Waals surface area contributed by atoms with Gasteiger partial charge in [-0.3, -0.25) is 10.2 Å². The summed E-state index contributed by atoms with van der Waals surface area (Å²) in [5, 5.41) is 23.5. The summed E-state index contributed by atoms with van der Waals surface area (Å²) in [5.41, 5.74) is 4.26. The van der Waals surface area contributed by atoms with Crippen molar-refractivity contribution < 1.29 is 9.53 Å². The average molecular weight is 271 g/mol. The number of anilines is 2. The molecule has 0 saturated heterocycles. The van der Waals surface area contributed by atoms with Crippen molar-refractivity contribution in [1.29, 1.82) is 10.5 Å². The number of hydrazone groups is 1. The molecule has 7 heteroatoms. The van der Waals surface area contributed by atoms with Crippen LogP contribution in [0.25, 0.3) is 0 Å². The van der Waals surface area contributed by atoms with Crippen molar-refractivity contribution in [3.05, 3.63) is 23.8 Å². The van der Waals surface area contributed by atoms with E-state index in [9.17, 15) is 4.79 Å². The van der Waals surface area contributed by atoms with Crippen molar-refractivity contribution in [2.45, 2.75) is 6.92 Å². The van der Waals surface area contributed by atoms with Crippen LogP contribution in [0.15, 0.2) is 23.3 Å². The van der Waals surface area contributed by atoms with E-state index in [-0.39, 0.29) is 18.2 Å². The molecule has 20 heavy (non-hydrogen) atoms. The Bertz CT molecular complexity index is 594. The predicted octanol–water partition coefficient (Wildman–Crippen LogP) is 1.39. The first-order chi connectivity index (χ1) is 9.62. The van der Waals surface area contributed by atoms with Crippen LogP contribution in [0.4, 0.5) is 11.4 Å². The maximum absolute atomic E-state index is 11.5. The van der Waals surface area contributed by atoms with Crippen LogP contribution < -0.4 is 10.7 Å². The molecule has 7 nitrogen and oxygen atoms in total. The highest BCUT2D eigenvalue weighted by Crippen LogP contribution is 2.23. The molecule has 0 spiro atoms. The molecule has 1 aromatic rings. The molecule has 1 aromatic carbocycles. The number of carbonyl (C=O) groups excluding carboxylic acids is 1. The van der Waals surface area contributed by atoms with Crippen molar-refractivity contribution >= 4 is 23.0 Å². The number of nitrogens with one attached hydrogen (secondary N) is 2. The zero-order valence-electron chi connectivity index (χ0n) is 11.1. The second-order valence-corrected chi connectivity index (χ2v) is 3.76. The SMILES string of the molecule is COCC(=O)Nc1cccc(NN=C(C#N)C#N)c1C. The summed E-state index contributed by atoms with van der Waals surface area (Å²) in [6.07, 6.45) is 0. The highest BCUT2D eigenvalue weighted by molar-refractivity contribution is 6.10. The zero-order valence-corrected chi connectivity index (χ0v) is 11.1. The summed E-state index contributed by atoms with van der Waals surface area (Å²) in [6.45, 7) is 1.74. The average Bonchev–Trinajstić information content (AvgIpc) is 2.44. The van der Waals surface area contributed by atoms with E-state index in [0.29, 0.717) is 11.4 Å². The molecular formula is C13H13N5O2. The molecule has 2 N–H and O–H groups in total. The number of amides is 1. The Labute approximate surface area is 116 Å². The normalized spacial score (nSPS) is 9.00. The van der Waals surface area contributed by atoms with E-state index in [0.717, 1.165) is 5.56 Å². The summed E-state index contributed by atoms with van der Waals surface area (Å²) in [7, 11) is 1.43. The van der Waals surface area contributed by atoms with Crippen LogP contribution in [0.1, 0.15) is 5.56 Å². The van der Waals surface area contributed by atoms with Gasteiger partial charge in [-0.2, -0.15) is 15.6 Å². The first kappa shape index (κ1) is 15.2. The van der Waals surface area contributed by atoms with Crippen LogP contribution in [0, 0.1) is 29.6 Å². The molecule has 0 aliphatic carbocycles. The molecular weight excluding hydrogens is 258 g/mol. The van der Waals surface area contributed by atoms with Gasteiger partial charge >= 0.3 is 0 Å². The van der Waals surface area contributed by atoms with Crippen molar-refractivity contribution in [2.24, 2.45) is 5.10 Å². The summed E-state index contributed by atoms with van der Waals surface area (Å²) < 4.78 is 4.73. The second kappa shape index (κ2) is 7.52. The Morgan fingerprint density at radius 2 is 2.00 bits per heavy atom. The minimum absolute atomic E-state index is 0.0394.